The molecule has 0 spiro atoms. The van der Waals surface area contributed by atoms with Crippen molar-refractivity contribution in [1.29, 1.82) is 0 Å². The fourth-order valence-electron chi connectivity index (χ4n) is 2.10. The number of primary amides is 1. The van der Waals surface area contributed by atoms with Gasteiger partial charge in [-0.15, -0.1) is 0 Å². The lowest BCUT2D eigenvalue weighted by Gasteiger charge is -2.39. The van der Waals surface area contributed by atoms with Crippen LogP contribution in [0.25, 0.3) is 0 Å². The molecule has 4 N–H and O–H groups in total. The molecule has 0 atom stereocenters. The maximum absolute atomic E-state index is 12.1. The van der Waals surface area contributed by atoms with Crippen molar-refractivity contribution in [3.8, 4) is 0 Å². The van der Waals surface area contributed by atoms with Crippen molar-refractivity contribution in [2.45, 2.75) is 45.1 Å². The van der Waals surface area contributed by atoms with Gasteiger partial charge in [0.2, 0.25) is 11.8 Å². The average Bonchev–Trinajstić information content (AvgIpc) is 2.12. The summed E-state index contributed by atoms with van der Waals surface area (Å²) in [5, 5.41) is 0. The van der Waals surface area contributed by atoms with E-state index in [0.29, 0.717) is 18.9 Å². The van der Waals surface area contributed by atoms with Gasteiger partial charge >= 0.3 is 0 Å². The largest absolute Gasteiger partial charge is 0.368 e. The van der Waals surface area contributed by atoms with E-state index in [2.05, 4.69) is 0 Å². The smallest absolute Gasteiger partial charge is 0.237 e. The van der Waals surface area contributed by atoms with E-state index >= 15 is 0 Å². The summed E-state index contributed by atoms with van der Waals surface area (Å²) in [5.41, 5.74) is 10.8. The second kappa shape index (κ2) is 5.49. The zero-order valence-corrected chi connectivity index (χ0v) is 10.7. The maximum Gasteiger partial charge on any atom is 0.237 e. The first-order valence-electron chi connectivity index (χ1n) is 6.17. The number of amides is 2. The minimum Gasteiger partial charge on any atom is -0.368 e. The zero-order chi connectivity index (χ0) is 13.1. The second-order valence-corrected chi connectivity index (χ2v) is 5.53. The number of carbonyl (C=O) groups excluding carboxylic acids is 2. The van der Waals surface area contributed by atoms with E-state index in [-0.39, 0.29) is 18.0 Å². The molecule has 17 heavy (non-hydrogen) atoms. The van der Waals surface area contributed by atoms with Gasteiger partial charge in [0.15, 0.2) is 0 Å². The molecule has 0 aromatic rings. The van der Waals surface area contributed by atoms with Gasteiger partial charge in [-0.05, 0) is 25.2 Å². The summed E-state index contributed by atoms with van der Waals surface area (Å²) in [5.74, 6) is -0.216. The van der Waals surface area contributed by atoms with Crippen molar-refractivity contribution in [2.24, 2.45) is 17.4 Å². The quantitative estimate of drug-likeness (QED) is 0.697. The van der Waals surface area contributed by atoms with E-state index in [1.165, 1.54) is 4.90 Å². The average molecular weight is 241 g/mol. The topological polar surface area (TPSA) is 89.4 Å². The SMILES string of the molecule is CC(C)CN(CC(N)=O)C(=O)CC1(N)CCC1. The van der Waals surface area contributed by atoms with Crippen LogP contribution in [-0.4, -0.2) is 35.3 Å². The van der Waals surface area contributed by atoms with Crippen LogP contribution in [-0.2, 0) is 9.59 Å². The summed E-state index contributed by atoms with van der Waals surface area (Å²) in [7, 11) is 0. The molecule has 0 aromatic heterocycles. The standard InChI is InChI=1S/C12H23N3O2/c1-9(2)7-15(8-10(13)16)11(17)6-12(14)4-3-5-12/h9H,3-8,14H2,1-2H3,(H2,13,16). The third-order valence-electron chi connectivity index (χ3n) is 3.14. The van der Waals surface area contributed by atoms with E-state index < -0.39 is 5.91 Å². The molecule has 0 saturated heterocycles. The van der Waals surface area contributed by atoms with Crippen LogP contribution in [0, 0.1) is 5.92 Å². The molecule has 5 nitrogen and oxygen atoms in total. The van der Waals surface area contributed by atoms with E-state index in [1.807, 2.05) is 13.8 Å². The lowest BCUT2D eigenvalue weighted by molar-refractivity contribution is -0.137. The predicted molar refractivity (Wildman–Crippen MR) is 66.0 cm³/mol. The van der Waals surface area contributed by atoms with Crippen LogP contribution in [0.3, 0.4) is 0 Å². The van der Waals surface area contributed by atoms with Crippen molar-refractivity contribution in [1.82, 2.24) is 4.90 Å². The van der Waals surface area contributed by atoms with E-state index in [4.69, 9.17) is 11.5 Å². The van der Waals surface area contributed by atoms with Gasteiger partial charge in [-0.3, -0.25) is 9.59 Å². The van der Waals surface area contributed by atoms with Gasteiger partial charge in [0.05, 0.1) is 6.54 Å². The molecule has 0 aromatic carbocycles. The Morgan fingerprint density at radius 2 is 1.94 bits per heavy atom. The fourth-order valence-corrected chi connectivity index (χ4v) is 2.10. The van der Waals surface area contributed by atoms with Crippen LogP contribution in [0.2, 0.25) is 0 Å². The number of hydrogen-bond donors (Lipinski definition) is 2. The first-order valence-corrected chi connectivity index (χ1v) is 6.17. The monoisotopic (exact) mass is 241 g/mol. The molecule has 1 rings (SSSR count). The number of rotatable bonds is 6. The van der Waals surface area contributed by atoms with Crippen molar-refractivity contribution < 1.29 is 9.59 Å². The summed E-state index contributed by atoms with van der Waals surface area (Å²) in [6.45, 7) is 4.55. The van der Waals surface area contributed by atoms with E-state index in [0.717, 1.165) is 19.3 Å². The third-order valence-corrected chi connectivity index (χ3v) is 3.14. The number of nitrogens with zero attached hydrogens (tertiary/aromatic N) is 1. The highest BCUT2D eigenvalue weighted by atomic mass is 16.2. The Kier molecular flexibility index (Phi) is 4.51. The molecule has 0 heterocycles. The molecule has 1 aliphatic rings. The molecule has 1 aliphatic carbocycles. The lowest BCUT2D eigenvalue weighted by atomic mass is 9.75. The van der Waals surface area contributed by atoms with Gasteiger partial charge < -0.3 is 16.4 Å². The molecule has 0 unspecified atom stereocenters. The summed E-state index contributed by atoms with van der Waals surface area (Å²) < 4.78 is 0. The van der Waals surface area contributed by atoms with Crippen LogP contribution in [0.1, 0.15) is 39.5 Å². The van der Waals surface area contributed by atoms with Crippen molar-refractivity contribution in [3.05, 3.63) is 0 Å². The highest BCUT2D eigenvalue weighted by Crippen LogP contribution is 2.32. The van der Waals surface area contributed by atoms with Gasteiger partial charge in [-0.2, -0.15) is 0 Å². The maximum atomic E-state index is 12.1. The minimum absolute atomic E-state index is 0.00685. The summed E-state index contributed by atoms with van der Waals surface area (Å²) in [6, 6.07) is 0. The van der Waals surface area contributed by atoms with Gasteiger partial charge in [-0.25, -0.2) is 0 Å². The Morgan fingerprint density at radius 3 is 2.29 bits per heavy atom. The summed E-state index contributed by atoms with van der Waals surface area (Å²) in [6.07, 6.45) is 3.20. The van der Waals surface area contributed by atoms with Gasteiger partial charge in [0.1, 0.15) is 0 Å². The number of carbonyl (C=O) groups is 2. The molecule has 5 heteroatoms. The molecule has 0 radical (unpaired) electrons. The summed E-state index contributed by atoms with van der Waals surface area (Å²) >= 11 is 0. The van der Waals surface area contributed by atoms with Crippen LogP contribution < -0.4 is 11.5 Å². The molecular formula is C12H23N3O2. The van der Waals surface area contributed by atoms with Gasteiger partial charge in [0.25, 0.3) is 0 Å². The van der Waals surface area contributed by atoms with Crippen LogP contribution in [0.5, 0.6) is 0 Å². The van der Waals surface area contributed by atoms with Gasteiger partial charge in [0, 0.05) is 18.5 Å². The zero-order valence-electron chi connectivity index (χ0n) is 10.7. The van der Waals surface area contributed by atoms with Gasteiger partial charge in [-0.1, -0.05) is 13.8 Å². The van der Waals surface area contributed by atoms with Crippen molar-refractivity contribution in [2.75, 3.05) is 13.1 Å². The highest BCUT2D eigenvalue weighted by Gasteiger charge is 2.36. The third kappa shape index (κ3) is 4.34. The Morgan fingerprint density at radius 1 is 1.35 bits per heavy atom. The fraction of sp³-hybridized carbons (Fsp3) is 0.833. The summed E-state index contributed by atoms with van der Waals surface area (Å²) in [4.78, 5) is 24.5. The number of nitrogens with two attached hydrogens (primary N) is 2. The second-order valence-electron chi connectivity index (χ2n) is 5.53. The Labute approximate surface area is 103 Å². The first-order chi connectivity index (χ1) is 7.82. The van der Waals surface area contributed by atoms with E-state index in [1.54, 1.807) is 0 Å². The molecular weight excluding hydrogens is 218 g/mol. The molecule has 0 bridgehead atoms. The highest BCUT2D eigenvalue weighted by molar-refractivity contribution is 5.84. The molecule has 1 saturated carbocycles. The van der Waals surface area contributed by atoms with Crippen LogP contribution >= 0.6 is 0 Å². The molecule has 0 aliphatic heterocycles. The Balaban J connectivity index is 2.55. The minimum atomic E-state index is -0.473. The van der Waals surface area contributed by atoms with Crippen molar-refractivity contribution in [3.63, 3.8) is 0 Å². The van der Waals surface area contributed by atoms with Crippen molar-refractivity contribution >= 4 is 11.8 Å². The Hall–Kier alpha value is -1.10. The van der Waals surface area contributed by atoms with Crippen LogP contribution in [0.4, 0.5) is 0 Å². The predicted octanol–water partition coefficient (Wildman–Crippen LogP) is 0.228. The normalized spacial score (nSPS) is 17.6. The van der Waals surface area contributed by atoms with Crippen LogP contribution in [0.15, 0.2) is 0 Å². The molecule has 98 valence electrons. The van der Waals surface area contributed by atoms with E-state index in [9.17, 15) is 9.59 Å². The molecule has 2 amide bonds. The lowest BCUT2D eigenvalue weighted by Crippen LogP contribution is -2.52. The first kappa shape index (κ1) is 14.0. The molecule has 1 fully saturated rings. The number of hydrogen-bond acceptors (Lipinski definition) is 3. The Bertz CT molecular complexity index is 298.